The van der Waals surface area contributed by atoms with Gasteiger partial charge in [-0.3, -0.25) is 9.78 Å². The van der Waals surface area contributed by atoms with Gasteiger partial charge in [-0.05, 0) is 37.3 Å². The number of nitrogens with one attached hydrogen (secondary N) is 1. The lowest BCUT2D eigenvalue weighted by Crippen LogP contribution is -2.12. The lowest BCUT2D eigenvalue weighted by Gasteiger charge is -2.10. The number of hydrogen-bond donors (Lipinski definition) is 2. The quantitative estimate of drug-likeness (QED) is 0.742. The van der Waals surface area contributed by atoms with Gasteiger partial charge in [0.05, 0.1) is 5.56 Å². The van der Waals surface area contributed by atoms with Crippen LogP contribution >= 0.6 is 0 Å². The van der Waals surface area contributed by atoms with Crippen LogP contribution in [0.2, 0.25) is 0 Å². The Hall–Kier alpha value is -3.34. The van der Waals surface area contributed by atoms with Gasteiger partial charge in [0.15, 0.2) is 0 Å². The second kappa shape index (κ2) is 7.49. The molecule has 0 radical (unpaired) electrons. The number of phenolic OH excluding ortho intramolecular Hbond substituents is 1. The van der Waals surface area contributed by atoms with Crippen molar-refractivity contribution in [1.29, 1.82) is 0 Å². The first kappa shape index (κ1) is 16.5. The first-order valence-corrected chi connectivity index (χ1v) is 7.84. The summed E-state index contributed by atoms with van der Waals surface area (Å²) in [5.41, 5.74) is 2.69. The van der Waals surface area contributed by atoms with Crippen molar-refractivity contribution in [2.24, 2.45) is 0 Å². The number of amides is 1. The van der Waals surface area contributed by atoms with Crippen LogP contribution in [-0.2, 0) is 6.61 Å². The van der Waals surface area contributed by atoms with E-state index in [9.17, 15) is 9.90 Å². The number of hydrogen-bond acceptors (Lipinski definition) is 4. The number of rotatable bonds is 5. The molecule has 0 atom stereocenters. The molecular weight excluding hydrogens is 316 g/mol. The Kier molecular flexibility index (Phi) is 4.95. The average Bonchev–Trinajstić information content (AvgIpc) is 2.63. The van der Waals surface area contributed by atoms with Gasteiger partial charge in [0.2, 0.25) is 0 Å². The molecule has 0 bridgehead atoms. The lowest BCUT2D eigenvalue weighted by molar-refractivity contribution is 0.102. The Morgan fingerprint density at radius 1 is 1.16 bits per heavy atom. The molecule has 3 aromatic rings. The van der Waals surface area contributed by atoms with E-state index in [0.717, 1.165) is 11.1 Å². The summed E-state index contributed by atoms with van der Waals surface area (Å²) in [7, 11) is 0. The number of ether oxygens (including phenoxy) is 1. The van der Waals surface area contributed by atoms with E-state index in [-0.39, 0.29) is 17.2 Å². The highest BCUT2D eigenvalue weighted by Gasteiger charge is 2.12. The van der Waals surface area contributed by atoms with Crippen molar-refractivity contribution in [3.05, 3.63) is 83.7 Å². The molecule has 2 N–H and O–H groups in total. The Bertz CT molecular complexity index is 879. The number of aryl methyl sites for hydroxylation is 1. The van der Waals surface area contributed by atoms with E-state index in [1.807, 2.05) is 25.1 Å². The van der Waals surface area contributed by atoms with Crippen LogP contribution in [0.1, 0.15) is 21.5 Å². The SMILES string of the molecule is Cc1ccc(O)c(C(=O)Nc2cccc(OCc3cccnc3)c2)c1. The maximum Gasteiger partial charge on any atom is 0.259 e. The van der Waals surface area contributed by atoms with Gasteiger partial charge in [-0.1, -0.05) is 23.8 Å². The molecule has 0 aliphatic heterocycles. The summed E-state index contributed by atoms with van der Waals surface area (Å²) in [5, 5.41) is 12.6. The van der Waals surface area contributed by atoms with Crippen LogP contribution in [0.4, 0.5) is 5.69 Å². The maximum absolute atomic E-state index is 12.4. The standard InChI is InChI=1S/C20H18N2O3/c1-14-7-8-19(23)18(10-14)20(24)22-16-5-2-6-17(11-16)25-13-15-4-3-9-21-12-15/h2-12,23H,13H2,1H3,(H,22,24). The van der Waals surface area contributed by atoms with Gasteiger partial charge in [0, 0.05) is 29.7 Å². The van der Waals surface area contributed by atoms with E-state index in [1.165, 1.54) is 6.07 Å². The molecule has 3 rings (SSSR count). The molecule has 5 heteroatoms. The Morgan fingerprint density at radius 2 is 2.04 bits per heavy atom. The van der Waals surface area contributed by atoms with E-state index >= 15 is 0 Å². The molecule has 0 aliphatic rings. The number of aromatic hydroxyl groups is 1. The predicted octanol–water partition coefficient (Wildman–Crippen LogP) is 3.93. The monoisotopic (exact) mass is 334 g/mol. The smallest absolute Gasteiger partial charge is 0.259 e. The molecule has 1 amide bonds. The molecule has 0 saturated carbocycles. The minimum atomic E-state index is -0.370. The molecule has 0 spiro atoms. The van der Waals surface area contributed by atoms with E-state index in [2.05, 4.69) is 10.3 Å². The molecule has 2 aromatic carbocycles. The summed E-state index contributed by atoms with van der Waals surface area (Å²) in [6, 6.07) is 15.8. The van der Waals surface area contributed by atoms with Gasteiger partial charge in [0.1, 0.15) is 18.1 Å². The fourth-order valence-electron chi connectivity index (χ4n) is 2.34. The Balaban J connectivity index is 1.69. The third-order valence-electron chi connectivity index (χ3n) is 3.62. The minimum absolute atomic E-state index is 0.0490. The molecule has 25 heavy (non-hydrogen) atoms. The fraction of sp³-hybridized carbons (Fsp3) is 0.100. The van der Waals surface area contributed by atoms with Crippen LogP contribution in [0.15, 0.2) is 67.0 Å². The van der Waals surface area contributed by atoms with Gasteiger partial charge in [-0.25, -0.2) is 0 Å². The van der Waals surface area contributed by atoms with Gasteiger partial charge >= 0.3 is 0 Å². The largest absolute Gasteiger partial charge is 0.507 e. The normalized spacial score (nSPS) is 10.3. The zero-order chi connectivity index (χ0) is 17.6. The summed E-state index contributed by atoms with van der Waals surface area (Å²) >= 11 is 0. The molecule has 1 heterocycles. The highest BCUT2D eigenvalue weighted by Crippen LogP contribution is 2.22. The fourth-order valence-corrected chi connectivity index (χ4v) is 2.34. The topological polar surface area (TPSA) is 71.5 Å². The molecule has 0 aliphatic carbocycles. The number of carbonyl (C=O) groups excluding carboxylic acids is 1. The van der Waals surface area contributed by atoms with Crippen molar-refractivity contribution in [1.82, 2.24) is 4.98 Å². The molecule has 0 saturated heterocycles. The van der Waals surface area contributed by atoms with E-state index in [4.69, 9.17) is 4.74 Å². The van der Waals surface area contributed by atoms with Crippen LogP contribution in [0.3, 0.4) is 0 Å². The molecule has 1 aromatic heterocycles. The third kappa shape index (κ3) is 4.35. The molecule has 126 valence electrons. The second-order valence-corrected chi connectivity index (χ2v) is 5.65. The average molecular weight is 334 g/mol. The van der Waals surface area contributed by atoms with Crippen molar-refractivity contribution in [3.63, 3.8) is 0 Å². The lowest BCUT2D eigenvalue weighted by atomic mass is 10.1. The molecular formula is C20H18N2O3. The highest BCUT2D eigenvalue weighted by molar-refractivity contribution is 6.06. The maximum atomic E-state index is 12.4. The molecule has 0 unspecified atom stereocenters. The van der Waals surface area contributed by atoms with Crippen LogP contribution in [-0.4, -0.2) is 16.0 Å². The first-order valence-electron chi connectivity index (χ1n) is 7.84. The van der Waals surface area contributed by atoms with Crippen LogP contribution in [0.25, 0.3) is 0 Å². The van der Waals surface area contributed by atoms with Crippen LogP contribution in [0, 0.1) is 6.92 Å². The van der Waals surface area contributed by atoms with Crippen molar-refractivity contribution < 1.29 is 14.6 Å². The zero-order valence-corrected chi connectivity index (χ0v) is 13.8. The molecule has 0 fully saturated rings. The number of anilines is 1. The number of carbonyl (C=O) groups is 1. The second-order valence-electron chi connectivity index (χ2n) is 5.65. The summed E-state index contributed by atoms with van der Waals surface area (Å²) in [6.45, 7) is 2.26. The van der Waals surface area contributed by atoms with Crippen molar-refractivity contribution >= 4 is 11.6 Å². The number of phenols is 1. The minimum Gasteiger partial charge on any atom is -0.507 e. The van der Waals surface area contributed by atoms with Crippen molar-refractivity contribution in [3.8, 4) is 11.5 Å². The zero-order valence-electron chi connectivity index (χ0n) is 13.8. The number of nitrogens with zero attached hydrogens (tertiary/aromatic N) is 1. The van der Waals surface area contributed by atoms with E-state index in [0.29, 0.717) is 18.0 Å². The van der Waals surface area contributed by atoms with Crippen molar-refractivity contribution in [2.45, 2.75) is 13.5 Å². The van der Waals surface area contributed by atoms with Crippen LogP contribution < -0.4 is 10.1 Å². The van der Waals surface area contributed by atoms with Gasteiger partial charge < -0.3 is 15.2 Å². The van der Waals surface area contributed by atoms with Gasteiger partial charge in [0.25, 0.3) is 5.91 Å². The number of aromatic nitrogens is 1. The summed E-state index contributed by atoms with van der Waals surface area (Å²) in [5.74, 6) is 0.216. The summed E-state index contributed by atoms with van der Waals surface area (Å²) in [6.07, 6.45) is 3.45. The summed E-state index contributed by atoms with van der Waals surface area (Å²) in [4.78, 5) is 16.4. The summed E-state index contributed by atoms with van der Waals surface area (Å²) < 4.78 is 5.72. The van der Waals surface area contributed by atoms with E-state index < -0.39 is 0 Å². The Labute approximate surface area is 145 Å². The Morgan fingerprint density at radius 3 is 2.84 bits per heavy atom. The van der Waals surface area contributed by atoms with E-state index in [1.54, 1.807) is 42.7 Å². The highest BCUT2D eigenvalue weighted by atomic mass is 16.5. The predicted molar refractivity (Wildman–Crippen MR) is 95.8 cm³/mol. The van der Waals surface area contributed by atoms with Crippen molar-refractivity contribution in [2.75, 3.05) is 5.32 Å². The number of pyridine rings is 1. The third-order valence-corrected chi connectivity index (χ3v) is 3.62. The van der Waals surface area contributed by atoms with Gasteiger partial charge in [-0.15, -0.1) is 0 Å². The number of benzene rings is 2. The van der Waals surface area contributed by atoms with Gasteiger partial charge in [-0.2, -0.15) is 0 Å². The molecule has 5 nitrogen and oxygen atoms in total. The first-order chi connectivity index (χ1) is 12.1. The van der Waals surface area contributed by atoms with Crippen LogP contribution in [0.5, 0.6) is 11.5 Å².